The predicted octanol–water partition coefficient (Wildman–Crippen LogP) is 9.68. The monoisotopic (exact) mass is 851 g/mol. The van der Waals surface area contributed by atoms with Crippen LogP contribution < -0.4 is 10.0 Å². The molecule has 6 aromatic carbocycles. The van der Waals surface area contributed by atoms with E-state index in [0.29, 0.717) is 34.4 Å². The van der Waals surface area contributed by atoms with E-state index >= 15 is 0 Å². The molecule has 61 heavy (non-hydrogen) atoms. The van der Waals surface area contributed by atoms with Gasteiger partial charge in [-0.15, -0.1) is 0 Å². The van der Waals surface area contributed by atoms with Crippen molar-refractivity contribution in [3.63, 3.8) is 0 Å². The number of anilines is 1. The molecule has 3 N–H and O–H groups in total. The number of aromatic nitrogens is 1. The molecule has 10 nitrogen and oxygen atoms in total. The van der Waals surface area contributed by atoms with Crippen molar-refractivity contribution in [2.24, 2.45) is 0 Å². The summed E-state index contributed by atoms with van der Waals surface area (Å²) in [6.45, 7) is 1.81. The Morgan fingerprint density at radius 3 is 2.13 bits per heavy atom. The van der Waals surface area contributed by atoms with Crippen LogP contribution in [0.3, 0.4) is 0 Å². The lowest BCUT2D eigenvalue weighted by molar-refractivity contribution is -0.245. The zero-order chi connectivity index (χ0) is 42.2. The first kappa shape index (κ1) is 41.9. The van der Waals surface area contributed by atoms with Gasteiger partial charge in [0.05, 0.1) is 23.7 Å². The van der Waals surface area contributed by atoms with Crippen LogP contribution >= 0.6 is 11.8 Å². The third-order valence-electron chi connectivity index (χ3n) is 10.4. The fraction of sp³-hybridized carbons (Fsp3) is 0.184. The van der Waals surface area contributed by atoms with Crippen LogP contribution in [0.5, 0.6) is 0 Å². The van der Waals surface area contributed by atoms with E-state index in [1.54, 1.807) is 30.3 Å². The summed E-state index contributed by atoms with van der Waals surface area (Å²) in [5.74, 6) is 0.677. The van der Waals surface area contributed by atoms with Crippen molar-refractivity contribution in [2.75, 3.05) is 11.1 Å². The Labute approximate surface area is 360 Å². The maximum Gasteiger partial charge on any atom is 0.256 e. The molecule has 4 atom stereocenters. The summed E-state index contributed by atoms with van der Waals surface area (Å²) in [5, 5.41) is 13.2. The molecule has 12 heteroatoms. The van der Waals surface area contributed by atoms with Crippen LogP contribution in [0.15, 0.2) is 178 Å². The standard InChI is InChI=1S/C49H45N3O7S2/c1-33-20-26-42(27-21-33)61(55,56)52-43(28-34-12-5-2-6-13-34)47(54)50-40-19-11-18-39(29-40)48-57-41(30-44(58-48)36-24-22-35(31-53)23-25-36)32-60-49-51-45(37-14-7-3-8-15-37)46(59-49)38-16-9-4-10-17-38/h2-27,29,41,43-44,48,52-53H,28,30-32H2,1H3,(H,50,54)/t41-,43+,44+,48+/m0/s1. The van der Waals surface area contributed by atoms with E-state index in [0.717, 1.165) is 39.1 Å². The normalized spacial score (nSPS) is 17.1. The summed E-state index contributed by atoms with van der Waals surface area (Å²) < 4.78 is 49.4. The first-order valence-electron chi connectivity index (χ1n) is 20.0. The minimum absolute atomic E-state index is 0.0684. The Balaban J connectivity index is 1.03. The Bertz CT molecular complexity index is 2590. The highest BCUT2D eigenvalue weighted by molar-refractivity contribution is 7.99. The molecule has 1 fully saturated rings. The largest absolute Gasteiger partial charge is 0.431 e. The summed E-state index contributed by atoms with van der Waals surface area (Å²) in [5.41, 5.74) is 7.20. The zero-order valence-corrected chi connectivity index (χ0v) is 35.0. The first-order chi connectivity index (χ1) is 29.7. The van der Waals surface area contributed by atoms with Crippen molar-refractivity contribution in [3.8, 4) is 22.6 Å². The Morgan fingerprint density at radius 2 is 1.44 bits per heavy atom. The lowest BCUT2D eigenvalue weighted by atomic mass is 10.0. The summed E-state index contributed by atoms with van der Waals surface area (Å²) in [4.78, 5) is 19.0. The number of aliphatic hydroxyl groups excluding tert-OH is 1. The van der Waals surface area contributed by atoms with Gasteiger partial charge >= 0.3 is 0 Å². The number of carbonyl (C=O) groups is 1. The SMILES string of the molecule is Cc1ccc(S(=O)(=O)N[C@H](Cc2ccccc2)C(=O)Nc2cccc([C@@H]3O[C@H](CSc4nc(-c5ccccc5)c(-c5ccccc5)o4)C[C@H](c4ccc(CO)cc4)O3)c2)cc1. The van der Waals surface area contributed by atoms with Gasteiger partial charge in [0.1, 0.15) is 11.7 Å². The average Bonchev–Trinajstić information content (AvgIpc) is 3.74. The van der Waals surface area contributed by atoms with Gasteiger partial charge in [-0.05, 0) is 54.3 Å². The molecule has 1 aliphatic heterocycles. The second-order valence-electron chi connectivity index (χ2n) is 14.8. The predicted molar refractivity (Wildman–Crippen MR) is 237 cm³/mol. The fourth-order valence-corrected chi connectivity index (χ4v) is 9.17. The first-order valence-corrected chi connectivity index (χ1v) is 22.5. The molecule has 310 valence electrons. The lowest BCUT2D eigenvalue weighted by Crippen LogP contribution is -2.45. The van der Waals surface area contributed by atoms with Gasteiger partial charge in [0.15, 0.2) is 12.1 Å². The van der Waals surface area contributed by atoms with Crippen LogP contribution in [0.1, 0.15) is 46.6 Å². The molecular formula is C49H45N3O7S2. The van der Waals surface area contributed by atoms with Gasteiger partial charge in [-0.2, -0.15) is 4.72 Å². The van der Waals surface area contributed by atoms with Gasteiger partial charge in [0, 0.05) is 34.6 Å². The van der Waals surface area contributed by atoms with Crippen LogP contribution in [0.4, 0.5) is 5.69 Å². The molecule has 0 saturated carbocycles. The molecule has 1 amide bonds. The Hall–Kier alpha value is -5.86. The summed E-state index contributed by atoms with van der Waals surface area (Å²) in [7, 11) is -4.04. The number of aryl methyl sites for hydroxylation is 1. The molecule has 7 aromatic rings. The molecule has 1 saturated heterocycles. The van der Waals surface area contributed by atoms with Gasteiger partial charge in [-0.1, -0.05) is 157 Å². The smallest absolute Gasteiger partial charge is 0.256 e. The number of amides is 1. The molecule has 8 rings (SSSR count). The summed E-state index contributed by atoms with van der Waals surface area (Å²) >= 11 is 1.47. The number of hydrogen-bond acceptors (Lipinski definition) is 9. The number of thioether (sulfide) groups is 1. The second kappa shape index (κ2) is 19.2. The van der Waals surface area contributed by atoms with Gasteiger partial charge in [0.25, 0.3) is 5.22 Å². The van der Waals surface area contributed by atoms with Gasteiger partial charge in [-0.3, -0.25) is 4.79 Å². The number of hydrogen-bond donors (Lipinski definition) is 3. The maximum atomic E-state index is 14.0. The third-order valence-corrected chi connectivity index (χ3v) is 12.8. The third kappa shape index (κ3) is 10.5. The van der Waals surface area contributed by atoms with E-state index in [2.05, 4.69) is 10.0 Å². The summed E-state index contributed by atoms with van der Waals surface area (Å²) in [6, 6.07) is 49.4. The van der Waals surface area contributed by atoms with Crippen molar-refractivity contribution in [1.82, 2.24) is 9.71 Å². The minimum atomic E-state index is -4.04. The average molecular weight is 852 g/mol. The quantitative estimate of drug-likeness (QED) is 0.0861. The molecular weight excluding hydrogens is 807 g/mol. The van der Waals surface area contributed by atoms with E-state index in [-0.39, 0.29) is 30.1 Å². The van der Waals surface area contributed by atoms with Crippen LogP contribution in [0.2, 0.25) is 0 Å². The highest BCUT2D eigenvalue weighted by atomic mass is 32.2. The van der Waals surface area contributed by atoms with Crippen LogP contribution in [-0.4, -0.2) is 42.3 Å². The molecule has 0 unspecified atom stereocenters. The Kier molecular flexibility index (Phi) is 13.2. The number of aliphatic hydroxyl groups is 1. The van der Waals surface area contributed by atoms with Crippen LogP contribution in [0.25, 0.3) is 22.6 Å². The van der Waals surface area contributed by atoms with Crippen molar-refractivity contribution < 1.29 is 32.2 Å². The number of ether oxygens (including phenoxy) is 2. The maximum absolute atomic E-state index is 14.0. The number of rotatable bonds is 15. The molecule has 0 aliphatic carbocycles. The molecule has 0 bridgehead atoms. The highest BCUT2D eigenvalue weighted by Crippen LogP contribution is 2.41. The zero-order valence-electron chi connectivity index (χ0n) is 33.4. The van der Waals surface area contributed by atoms with Crippen LogP contribution in [0, 0.1) is 6.92 Å². The topological polar surface area (TPSA) is 140 Å². The summed E-state index contributed by atoms with van der Waals surface area (Å²) in [6.07, 6.45) is -0.803. The van der Waals surface area contributed by atoms with E-state index < -0.39 is 28.3 Å². The van der Waals surface area contributed by atoms with Crippen molar-refractivity contribution in [1.29, 1.82) is 0 Å². The number of nitrogens with zero attached hydrogens (tertiary/aromatic N) is 1. The number of oxazole rings is 1. The molecule has 2 heterocycles. The number of sulfonamides is 1. The van der Waals surface area contributed by atoms with Crippen molar-refractivity contribution in [2.45, 2.75) is 61.0 Å². The molecule has 0 radical (unpaired) electrons. The van der Waals surface area contributed by atoms with E-state index in [4.69, 9.17) is 18.9 Å². The van der Waals surface area contributed by atoms with E-state index in [1.807, 2.05) is 128 Å². The van der Waals surface area contributed by atoms with E-state index in [1.165, 1.54) is 23.9 Å². The number of nitrogens with one attached hydrogen (secondary N) is 2. The number of benzene rings is 6. The Morgan fingerprint density at radius 1 is 0.770 bits per heavy atom. The second-order valence-corrected chi connectivity index (χ2v) is 17.5. The van der Waals surface area contributed by atoms with Gasteiger partial charge in [0.2, 0.25) is 15.9 Å². The lowest BCUT2D eigenvalue weighted by Gasteiger charge is -2.36. The fourth-order valence-electron chi connectivity index (χ4n) is 7.13. The molecule has 0 spiro atoms. The molecule has 1 aromatic heterocycles. The number of carbonyl (C=O) groups excluding carboxylic acids is 1. The minimum Gasteiger partial charge on any atom is -0.431 e. The van der Waals surface area contributed by atoms with Crippen molar-refractivity contribution >= 4 is 33.4 Å². The van der Waals surface area contributed by atoms with Gasteiger partial charge < -0.3 is 24.3 Å². The van der Waals surface area contributed by atoms with Crippen LogP contribution in [-0.2, 0) is 37.3 Å². The van der Waals surface area contributed by atoms with E-state index in [9.17, 15) is 18.3 Å². The highest BCUT2D eigenvalue weighted by Gasteiger charge is 2.33. The van der Waals surface area contributed by atoms with Crippen molar-refractivity contribution in [3.05, 3.63) is 192 Å². The molecule has 1 aliphatic rings. The van der Waals surface area contributed by atoms with Gasteiger partial charge in [-0.25, -0.2) is 13.4 Å².